The van der Waals surface area contributed by atoms with Crippen LogP contribution in [0.5, 0.6) is 0 Å². The third-order valence-corrected chi connectivity index (χ3v) is 4.31. The molecule has 21 heavy (non-hydrogen) atoms. The van der Waals surface area contributed by atoms with E-state index in [-0.39, 0.29) is 11.6 Å². The minimum atomic E-state index is -4.42. The number of thioether (sulfide) groups is 1. The van der Waals surface area contributed by atoms with Gasteiger partial charge in [0, 0.05) is 24.6 Å². The average Bonchev–Trinajstić information content (AvgIpc) is 2.47. The van der Waals surface area contributed by atoms with Crippen molar-refractivity contribution in [3.63, 3.8) is 0 Å². The Labute approximate surface area is 125 Å². The summed E-state index contributed by atoms with van der Waals surface area (Å²) in [5.74, 6) is 1.72. The normalized spacial score (nSPS) is 17.4. The summed E-state index contributed by atoms with van der Waals surface area (Å²) in [6.45, 7) is 2.83. The number of carbonyl (C=O) groups excluding carboxylic acids is 1. The molecule has 0 aromatic heterocycles. The monoisotopic (exact) mass is 318 g/mol. The molecule has 0 bridgehead atoms. The molecule has 1 atom stereocenters. The number of alkyl halides is 3. The molecule has 1 N–H and O–H groups in total. The van der Waals surface area contributed by atoms with Gasteiger partial charge in [-0.15, -0.1) is 0 Å². The standard InChI is InChI=1S/C14H17F3N2OS/c1-10(18-13(20)19-6-8-21-9-7-19)11-4-2-3-5-12(11)14(15,16)17/h2-5,10H,6-9H2,1H3,(H,18,20)/t10-/m1/s1. The maximum Gasteiger partial charge on any atom is 0.416 e. The lowest BCUT2D eigenvalue weighted by Gasteiger charge is -2.28. The van der Waals surface area contributed by atoms with Gasteiger partial charge in [0.25, 0.3) is 0 Å². The highest BCUT2D eigenvalue weighted by Crippen LogP contribution is 2.34. The number of rotatable bonds is 2. The van der Waals surface area contributed by atoms with Crippen LogP contribution in [0.4, 0.5) is 18.0 Å². The molecular formula is C14H17F3N2OS. The second-order valence-corrected chi connectivity index (χ2v) is 6.08. The van der Waals surface area contributed by atoms with E-state index in [1.165, 1.54) is 12.1 Å². The maximum absolute atomic E-state index is 13.0. The van der Waals surface area contributed by atoms with Gasteiger partial charge in [-0.3, -0.25) is 0 Å². The smallest absolute Gasteiger partial charge is 0.331 e. The number of urea groups is 1. The molecule has 0 saturated carbocycles. The highest BCUT2D eigenvalue weighted by atomic mass is 32.2. The van der Waals surface area contributed by atoms with Crippen molar-refractivity contribution in [2.45, 2.75) is 19.1 Å². The van der Waals surface area contributed by atoms with Crippen LogP contribution in [0.1, 0.15) is 24.1 Å². The molecule has 0 spiro atoms. The van der Waals surface area contributed by atoms with Crippen molar-refractivity contribution >= 4 is 17.8 Å². The van der Waals surface area contributed by atoms with E-state index in [0.717, 1.165) is 17.6 Å². The number of hydrogen-bond donors (Lipinski definition) is 1. The Morgan fingerprint density at radius 1 is 1.29 bits per heavy atom. The molecule has 1 aliphatic heterocycles. The first kappa shape index (κ1) is 16.0. The van der Waals surface area contributed by atoms with Gasteiger partial charge < -0.3 is 10.2 Å². The van der Waals surface area contributed by atoms with E-state index in [2.05, 4.69) is 5.32 Å². The Balaban J connectivity index is 2.10. The van der Waals surface area contributed by atoms with Gasteiger partial charge in [-0.05, 0) is 18.6 Å². The summed E-state index contributed by atoms with van der Waals surface area (Å²) in [5.41, 5.74) is -0.614. The highest BCUT2D eigenvalue weighted by Gasteiger charge is 2.34. The Morgan fingerprint density at radius 3 is 2.52 bits per heavy atom. The van der Waals surface area contributed by atoms with Gasteiger partial charge in [0.1, 0.15) is 0 Å². The molecule has 0 unspecified atom stereocenters. The topological polar surface area (TPSA) is 32.3 Å². The maximum atomic E-state index is 13.0. The minimum Gasteiger partial charge on any atom is -0.331 e. The summed E-state index contributed by atoms with van der Waals surface area (Å²) in [6.07, 6.45) is -4.42. The third-order valence-electron chi connectivity index (χ3n) is 3.37. The van der Waals surface area contributed by atoms with Crippen LogP contribution in [-0.4, -0.2) is 35.5 Å². The molecule has 7 heteroatoms. The van der Waals surface area contributed by atoms with Crippen molar-refractivity contribution < 1.29 is 18.0 Å². The Morgan fingerprint density at radius 2 is 1.90 bits per heavy atom. The number of amides is 2. The van der Waals surface area contributed by atoms with Crippen molar-refractivity contribution in [1.82, 2.24) is 10.2 Å². The third kappa shape index (κ3) is 4.06. The van der Waals surface area contributed by atoms with E-state index in [9.17, 15) is 18.0 Å². The summed E-state index contributed by atoms with van der Waals surface area (Å²) in [5, 5.41) is 2.66. The number of nitrogens with one attached hydrogen (secondary N) is 1. The molecule has 2 rings (SSSR count). The molecule has 1 heterocycles. The van der Waals surface area contributed by atoms with Crippen LogP contribution < -0.4 is 5.32 Å². The number of nitrogens with zero attached hydrogens (tertiary/aromatic N) is 1. The molecule has 3 nitrogen and oxygen atoms in total. The van der Waals surface area contributed by atoms with E-state index in [1.807, 2.05) is 0 Å². The fraction of sp³-hybridized carbons (Fsp3) is 0.500. The van der Waals surface area contributed by atoms with Crippen molar-refractivity contribution in [3.05, 3.63) is 35.4 Å². The van der Waals surface area contributed by atoms with Gasteiger partial charge in [-0.2, -0.15) is 24.9 Å². The average molecular weight is 318 g/mol. The van der Waals surface area contributed by atoms with Gasteiger partial charge in [-0.1, -0.05) is 18.2 Å². The molecule has 1 fully saturated rings. The van der Waals surface area contributed by atoms with E-state index in [0.29, 0.717) is 13.1 Å². The predicted molar refractivity (Wildman–Crippen MR) is 77.3 cm³/mol. The molecule has 0 radical (unpaired) electrons. The van der Waals surface area contributed by atoms with E-state index >= 15 is 0 Å². The van der Waals surface area contributed by atoms with E-state index < -0.39 is 17.8 Å². The first-order valence-electron chi connectivity index (χ1n) is 6.69. The second kappa shape index (κ2) is 6.60. The number of halogens is 3. The first-order valence-corrected chi connectivity index (χ1v) is 7.84. The summed E-state index contributed by atoms with van der Waals surface area (Å²) in [4.78, 5) is 13.7. The Hall–Kier alpha value is -1.37. The summed E-state index contributed by atoms with van der Waals surface area (Å²) >= 11 is 1.77. The van der Waals surface area contributed by atoms with Crippen LogP contribution in [0.25, 0.3) is 0 Å². The lowest BCUT2D eigenvalue weighted by molar-refractivity contribution is -0.138. The van der Waals surface area contributed by atoms with E-state index in [4.69, 9.17) is 0 Å². The SMILES string of the molecule is C[C@@H](NC(=O)N1CCSCC1)c1ccccc1C(F)(F)F. The zero-order valence-electron chi connectivity index (χ0n) is 11.6. The summed E-state index contributed by atoms with van der Waals surface area (Å²) < 4.78 is 38.9. The predicted octanol–water partition coefficient (Wildman–Crippen LogP) is 3.52. The molecule has 1 aliphatic rings. The molecule has 1 aromatic carbocycles. The van der Waals surface area contributed by atoms with Crippen molar-refractivity contribution in [2.24, 2.45) is 0 Å². The molecule has 2 amide bonds. The second-order valence-electron chi connectivity index (χ2n) is 4.86. The van der Waals surface area contributed by atoms with Crippen LogP contribution in [0.15, 0.2) is 24.3 Å². The Kier molecular flexibility index (Phi) is 5.03. The number of hydrogen-bond acceptors (Lipinski definition) is 2. The van der Waals surface area contributed by atoms with E-state index in [1.54, 1.807) is 29.7 Å². The fourth-order valence-corrected chi connectivity index (χ4v) is 3.16. The van der Waals surface area contributed by atoms with Crippen LogP contribution >= 0.6 is 11.8 Å². The van der Waals surface area contributed by atoms with Crippen molar-refractivity contribution in [3.8, 4) is 0 Å². The molecule has 1 saturated heterocycles. The Bertz CT molecular complexity index is 501. The fourth-order valence-electron chi connectivity index (χ4n) is 2.25. The summed E-state index contributed by atoms with van der Waals surface area (Å²) in [6, 6.07) is 4.34. The largest absolute Gasteiger partial charge is 0.416 e. The molecule has 1 aromatic rings. The van der Waals surface area contributed by atoms with Gasteiger partial charge in [0.05, 0.1) is 11.6 Å². The van der Waals surface area contributed by atoms with Crippen molar-refractivity contribution in [2.75, 3.05) is 24.6 Å². The van der Waals surface area contributed by atoms with Gasteiger partial charge in [0.2, 0.25) is 0 Å². The zero-order chi connectivity index (χ0) is 15.5. The van der Waals surface area contributed by atoms with Gasteiger partial charge >= 0.3 is 12.2 Å². The molecular weight excluding hydrogens is 301 g/mol. The first-order chi connectivity index (χ1) is 9.89. The highest BCUT2D eigenvalue weighted by molar-refractivity contribution is 7.99. The number of benzene rings is 1. The molecule has 116 valence electrons. The van der Waals surface area contributed by atoms with Crippen molar-refractivity contribution in [1.29, 1.82) is 0 Å². The van der Waals surface area contributed by atoms with Gasteiger partial charge in [-0.25, -0.2) is 4.79 Å². The van der Waals surface area contributed by atoms with Crippen LogP contribution in [-0.2, 0) is 6.18 Å². The van der Waals surface area contributed by atoms with Crippen LogP contribution in [0.3, 0.4) is 0 Å². The number of carbonyl (C=O) groups is 1. The molecule has 0 aliphatic carbocycles. The zero-order valence-corrected chi connectivity index (χ0v) is 12.4. The minimum absolute atomic E-state index is 0.0877. The lowest BCUT2D eigenvalue weighted by Crippen LogP contribution is -2.45. The quantitative estimate of drug-likeness (QED) is 0.905. The summed E-state index contributed by atoms with van der Waals surface area (Å²) in [7, 11) is 0. The lowest BCUT2D eigenvalue weighted by atomic mass is 10.0. The van der Waals surface area contributed by atoms with Gasteiger partial charge in [0.15, 0.2) is 0 Å². The van der Waals surface area contributed by atoms with Crippen LogP contribution in [0.2, 0.25) is 0 Å². The van der Waals surface area contributed by atoms with Crippen LogP contribution in [0, 0.1) is 0 Å².